The summed E-state index contributed by atoms with van der Waals surface area (Å²) in [7, 11) is 1.95. The van der Waals surface area contributed by atoms with Crippen LogP contribution in [0.15, 0.2) is 24.3 Å². The van der Waals surface area contributed by atoms with Gasteiger partial charge in [-0.05, 0) is 31.5 Å². The topological polar surface area (TPSA) is 47.1 Å². The maximum Gasteiger partial charge on any atom is 0.0865 e. The summed E-state index contributed by atoms with van der Waals surface area (Å²) >= 11 is 6.39. The normalized spacial score (nSPS) is 17.3. The molecular formula is C16H21ClN4. The van der Waals surface area contributed by atoms with Crippen LogP contribution in [0.25, 0.3) is 0 Å². The lowest BCUT2D eigenvalue weighted by Gasteiger charge is -2.20. The number of aromatic nitrogens is 2. The molecule has 2 heterocycles. The molecule has 2 N–H and O–H groups in total. The third-order valence-electron chi connectivity index (χ3n) is 4.28. The Balaban J connectivity index is 1.90. The molecule has 0 fully saturated rings. The molecule has 0 radical (unpaired) electrons. The van der Waals surface area contributed by atoms with Crippen LogP contribution in [0.3, 0.4) is 0 Å². The van der Waals surface area contributed by atoms with Gasteiger partial charge in [0.15, 0.2) is 0 Å². The van der Waals surface area contributed by atoms with Gasteiger partial charge < -0.3 is 10.6 Å². The second-order valence-corrected chi connectivity index (χ2v) is 6.06. The van der Waals surface area contributed by atoms with Crippen molar-refractivity contribution in [1.29, 1.82) is 0 Å². The van der Waals surface area contributed by atoms with E-state index < -0.39 is 0 Å². The van der Waals surface area contributed by atoms with Crippen molar-refractivity contribution in [3.8, 4) is 0 Å². The largest absolute Gasteiger partial charge is 0.365 e. The third kappa shape index (κ3) is 2.54. The molecule has 1 atom stereocenters. The van der Waals surface area contributed by atoms with Crippen molar-refractivity contribution in [1.82, 2.24) is 9.78 Å². The van der Waals surface area contributed by atoms with E-state index in [1.54, 1.807) is 0 Å². The number of para-hydroxylation sites is 1. The molecule has 0 amide bonds. The number of nitrogens with two attached hydrogens (primary N) is 1. The zero-order valence-corrected chi connectivity index (χ0v) is 13.3. The number of benzene rings is 1. The Bertz CT molecular complexity index is 650. The SMILES string of the molecule is Cc1nn(C)c(CN2CC(CCN)c3ccccc32)c1Cl. The molecule has 21 heavy (non-hydrogen) atoms. The molecule has 4 nitrogen and oxygen atoms in total. The lowest BCUT2D eigenvalue weighted by atomic mass is 9.98. The van der Waals surface area contributed by atoms with Gasteiger partial charge in [-0.15, -0.1) is 0 Å². The number of fused-ring (bicyclic) bond motifs is 1. The monoisotopic (exact) mass is 304 g/mol. The molecule has 3 rings (SSSR count). The maximum atomic E-state index is 6.39. The first-order valence-electron chi connectivity index (χ1n) is 7.33. The molecule has 0 bridgehead atoms. The average molecular weight is 305 g/mol. The second-order valence-electron chi connectivity index (χ2n) is 5.68. The van der Waals surface area contributed by atoms with Crippen molar-refractivity contribution in [3.05, 3.63) is 46.2 Å². The molecule has 0 saturated carbocycles. The fourth-order valence-electron chi connectivity index (χ4n) is 3.21. The van der Waals surface area contributed by atoms with E-state index in [9.17, 15) is 0 Å². The highest BCUT2D eigenvalue weighted by atomic mass is 35.5. The van der Waals surface area contributed by atoms with Gasteiger partial charge in [0.05, 0.1) is 23.0 Å². The molecule has 2 aromatic rings. The van der Waals surface area contributed by atoms with E-state index >= 15 is 0 Å². The molecule has 1 aliphatic heterocycles. The molecule has 1 aliphatic rings. The zero-order chi connectivity index (χ0) is 15.0. The van der Waals surface area contributed by atoms with Gasteiger partial charge in [-0.25, -0.2) is 0 Å². The van der Waals surface area contributed by atoms with Crippen molar-refractivity contribution in [2.24, 2.45) is 12.8 Å². The minimum Gasteiger partial charge on any atom is -0.365 e. The molecule has 112 valence electrons. The number of aryl methyl sites for hydroxylation is 2. The first kappa shape index (κ1) is 14.4. The zero-order valence-electron chi connectivity index (χ0n) is 12.5. The average Bonchev–Trinajstić information content (AvgIpc) is 2.93. The third-order valence-corrected chi connectivity index (χ3v) is 4.77. The van der Waals surface area contributed by atoms with Crippen molar-refractivity contribution in [2.75, 3.05) is 18.0 Å². The van der Waals surface area contributed by atoms with E-state index in [1.807, 2.05) is 18.7 Å². The number of rotatable bonds is 4. The van der Waals surface area contributed by atoms with Gasteiger partial charge in [-0.2, -0.15) is 5.10 Å². The van der Waals surface area contributed by atoms with Crippen molar-refractivity contribution in [3.63, 3.8) is 0 Å². The van der Waals surface area contributed by atoms with Crippen LogP contribution in [0.1, 0.15) is 29.3 Å². The van der Waals surface area contributed by atoms with Gasteiger partial charge in [0, 0.05) is 25.2 Å². The standard InChI is InChI=1S/C16H21ClN4/c1-11-16(17)15(20(2)19-11)10-21-9-12(7-8-18)13-5-3-4-6-14(13)21/h3-6,12H,7-10,18H2,1-2H3. The van der Waals surface area contributed by atoms with Crippen LogP contribution in [0.5, 0.6) is 0 Å². The lowest BCUT2D eigenvalue weighted by Crippen LogP contribution is -2.23. The molecular weight excluding hydrogens is 284 g/mol. The molecule has 0 spiro atoms. The predicted molar refractivity (Wildman–Crippen MR) is 86.9 cm³/mol. The summed E-state index contributed by atoms with van der Waals surface area (Å²) in [6, 6.07) is 8.59. The van der Waals surface area contributed by atoms with Crippen molar-refractivity contribution >= 4 is 17.3 Å². The van der Waals surface area contributed by atoms with E-state index in [1.165, 1.54) is 11.3 Å². The molecule has 0 aliphatic carbocycles. The maximum absolute atomic E-state index is 6.39. The number of halogens is 1. The predicted octanol–water partition coefficient (Wildman–Crippen LogP) is 2.83. The Labute approximate surface area is 130 Å². The highest BCUT2D eigenvalue weighted by Crippen LogP contribution is 2.39. The smallest absolute Gasteiger partial charge is 0.0865 e. The number of anilines is 1. The van der Waals surface area contributed by atoms with Crippen LogP contribution >= 0.6 is 11.6 Å². The first-order valence-corrected chi connectivity index (χ1v) is 7.71. The van der Waals surface area contributed by atoms with Crippen molar-refractivity contribution in [2.45, 2.75) is 25.8 Å². The number of hydrogen-bond donors (Lipinski definition) is 1. The van der Waals surface area contributed by atoms with Crippen LogP contribution in [0, 0.1) is 6.92 Å². The molecule has 1 unspecified atom stereocenters. The van der Waals surface area contributed by atoms with E-state index in [0.29, 0.717) is 5.92 Å². The summed E-state index contributed by atoms with van der Waals surface area (Å²) in [5, 5.41) is 5.18. The van der Waals surface area contributed by atoms with E-state index in [4.69, 9.17) is 17.3 Å². The van der Waals surface area contributed by atoms with Gasteiger partial charge in [-0.1, -0.05) is 29.8 Å². The molecule has 5 heteroatoms. The Morgan fingerprint density at radius 2 is 2.14 bits per heavy atom. The fraction of sp³-hybridized carbons (Fsp3) is 0.438. The van der Waals surface area contributed by atoms with Crippen LogP contribution in [-0.2, 0) is 13.6 Å². The van der Waals surface area contributed by atoms with Crippen molar-refractivity contribution < 1.29 is 0 Å². The Morgan fingerprint density at radius 1 is 1.38 bits per heavy atom. The quantitative estimate of drug-likeness (QED) is 0.945. The molecule has 1 aromatic carbocycles. The minimum absolute atomic E-state index is 0.513. The van der Waals surface area contributed by atoms with Gasteiger partial charge in [0.25, 0.3) is 0 Å². The van der Waals surface area contributed by atoms with Gasteiger partial charge in [0.2, 0.25) is 0 Å². The highest BCUT2D eigenvalue weighted by molar-refractivity contribution is 6.31. The molecule has 0 saturated heterocycles. The van der Waals surface area contributed by atoms with Crippen LogP contribution in [0.2, 0.25) is 5.02 Å². The van der Waals surface area contributed by atoms with E-state index in [0.717, 1.165) is 42.5 Å². The number of nitrogens with zero attached hydrogens (tertiary/aromatic N) is 3. The van der Waals surface area contributed by atoms with Crippen LogP contribution < -0.4 is 10.6 Å². The lowest BCUT2D eigenvalue weighted by molar-refractivity contribution is 0.626. The summed E-state index contributed by atoms with van der Waals surface area (Å²) in [5.74, 6) is 0.513. The van der Waals surface area contributed by atoms with Crippen LogP contribution in [-0.4, -0.2) is 22.9 Å². The summed E-state index contributed by atoms with van der Waals surface area (Å²) in [6.07, 6.45) is 1.02. The summed E-state index contributed by atoms with van der Waals surface area (Å²) < 4.78 is 1.89. The fourth-order valence-corrected chi connectivity index (χ4v) is 3.43. The Kier molecular flexibility index (Phi) is 3.91. The Hall–Kier alpha value is -1.52. The highest BCUT2D eigenvalue weighted by Gasteiger charge is 2.28. The summed E-state index contributed by atoms with van der Waals surface area (Å²) in [5.41, 5.74) is 10.4. The van der Waals surface area contributed by atoms with Crippen LogP contribution in [0.4, 0.5) is 5.69 Å². The van der Waals surface area contributed by atoms with Gasteiger partial charge in [0.1, 0.15) is 0 Å². The molecule has 1 aromatic heterocycles. The van der Waals surface area contributed by atoms with Gasteiger partial charge in [-0.3, -0.25) is 4.68 Å². The summed E-state index contributed by atoms with van der Waals surface area (Å²) in [4.78, 5) is 2.39. The van der Waals surface area contributed by atoms with E-state index in [2.05, 4.69) is 34.3 Å². The first-order chi connectivity index (χ1) is 10.1. The van der Waals surface area contributed by atoms with E-state index in [-0.39, 0.29) is 0 Å². The van der Waals surface area contributed by atoms with Gasteiger partial charge >= 0.3 is 0 Å². The second kappa shape index (κ2) is 5.70. The number of hydrogen-bond acceptors (Lipinski definition) is 3. The Morgan fingerprint density at radius 3 is 2.81 bits per heavy atom. The summed E-state index contributed by atoms with van der Waals surface area (Å²) in [6.45, 7) is 4.45. The minimum atomic E-state index is 0.513.